The molecule has 3 heteroatoms. The molecule has 0 radical (unpaired) electrons. The van der Waals surface area contributed by atoms with Crippen molar-refractivity contribution in [3.8, 4) is 0 Å². The van der Waals surface area contributed by atoms with E-state index in [0.29, 0.717) is 18.5 Å². The minimum atomic E-state index is -0.693. The van der Waals surface area contributed by atoms with E-state index in [9.17, 15) is 4.79 Å². The van der Waals surface area contributed by atoms with Gasteiger partial charge >= 0.3 is 5.97 Å². The topological polar surface area (TPSA) is 49.3 Å². The summed E-state index contributed by atoms with van der Waals surface area (Å²) in [4.78, 5) is 9.76. The minimum Gasteiger partial charge on any atom is -0.481 e. The molecule has 0 aromatic rings. The van der Waals surface area contributed by atoms with E-state index in [2.05, 4.69) is 33.0 Å². The van der Waals surface area contributed by atoms with Crippen molar-refractivity contribution < 1.29 is 9.90 Å². The zero-order valence-electron chi connectivity index (χ0n) is 15.8. The first-order chi connectivity index (χ1) is 10.5. The Morgan fingerprint density at radius 2 is 1.23 bits per heavy atom. The van der Waals surface area contributed by atoms with E-state index >= 15 is 0 Å². The standard InChI is InChI=1S/C14H31N.C5H10O2/c1-5-7-9-11-13(3)15-14(4)12-10-8-6-2;1-2-3-4-5(6)7/h13-15H,5-12H2,1-4H3;2-4H2,1H3,(H,6,7). The van der Waals surface area contributed by atoms with Crippen molar-refractivity contribution in [1.29, 1.82) is 0 Å². The highest BCUT2D eigenvalue weighted by Gasteiger charge is 2.06. The molecule has 2 unspecified atom stereocenters. The van der Waals surface area contributed by atoms with E-state index in [0.717, 1.165) is 12.8 Å². The van der Waals surface area contributed by atoms with Gasteiger partial charge in [-0.1, -0.05) is 65.7 Å². The Bertz CT molecular complexity index is 217. The first kappa shape index (κ1) is 23.7. The molecular weight excluding hydrogens is 274 g/mol. The van der Waals surface area contributed by atoms with Crippen molar-refractivity contribution in [1.82, 2.24) is 5.32 Å². The number of rotatable bonds is 13. The predicted octanol–water partition coefficient (Wildman–Crippen LogP) is 5.77. The number of carbonyl (C=O) groups is 1. The van der Waals surface area contributed by atoms with Crippen LogP contribution in [-0.4, -0.2) is 23.2 Å². The molecule has 0 rings (SSSR count). The molecular formula is C19H41NO2. The number of carboxylic acid groups (broad SMARTS) is 1. The summed E-state index contributed by atoms with van der Waals surface area (Å²) in [5.74, 6) is -0.693. The van der Waals surface area contributed by atoms with Crippen molar-refractivity contribution in [2.24, 2.45) is 0 Å². The molecule has 0 fully saturated rings. The lowest BCUT2D eigenvalue weighted by Gasteiger charge is -2.19. The third kappa shape index (κ3) is 21.7. The van der Waals surface area contributed by atoms with Crippen LogP contribution in [0.15, 0.2) is 0 Å². The molecule has 0 heterocycles. The Kier molecular flexibility index (Phi) is 19.9. The molecule has 3 nitrogen and oxygen atoms in total. The molecule has 2 atom stereocenters. The number of hydrogen-bond acceptors (Lipinski definition) is 2. The molecule has 0 aliphatic carbocycles. The second-order valence-electron chi connectivity index (χ2n) is 6.46. The van der Waals surface area contributed by atoms with Gasteiger partial charge in [-0.25, -0.2) is 0 Å². The maximum absolute atomic E-state index is 9.76. The maximum Gasteiger partial charge on any atom is 0.303 e. The summed E-state index contributed by atoms with van der Waals surface area (Å²) in [5, 5.41) is 11.7. The van der Waals surface area contributed by atoms with Gasteiger partial charge in [-0.3, -0.25) is 4.79 Å². The fraction of sp³-hybridized carbons (Fsp3) is 0.947. The molecule has 22 heavy (non-hydrogen) atoms. The highest BCUT2D eigenvalue weighted by molar-refractivity contribution is 5.66. The van der Waals surface area contributed by atoms with Gasteiger partial charge in [-0.05, 0) is 33.1 Å². The quantitative estimate of drug-likeness (QED) is 0.424. The van der Waals surface area contributed by atoms with Gasteiger partial charge in [0.15, 0.2) is 0 Å². The van der Waals surface area contributed by atoms with Gasteiger partial charge in [0.25, 0.3) is 0 Å². The van der Waals surface area contributed by atoms with Crippen LogP contribution in [0.3, 0.4) is 0 Å². The van der Waals surface area contributed by atoms with Crippen molar-refractivity contribution in [3.63, 3.8) is 0 Å². The number of unbranched alkanes of at least 4 members (excludes halogenated alkanes) is 5. The third-order valence-corrected chi connectivity index (χ3v) is 3.79. The summed E-state index contributed by atoms with van der Waals surface area (Å²) in [6.07, 6.45) is 13.0. The van der Waals surface area contributed by atoms with Gasteiger partial charge in [0.05, 0.1) is 0 Å². The Morgan fingerprint density at radius 1 is 0.818 bits per heavy atom. The second-order valence-corrected chi connectivity index (χ2v) is 6.46. The first-order valence-electron chi connectivity index (χ1n) is 9.45. The molecule has 2 N–H and O–H groups in total. The van der Waals surface area contributed by atoms with Gasteiger partial charge in [-0.15, -0.1) is 0 Å². The number of hydrogen-bond donors (Lipinski definition) is 2. The van der Waals surface area contributed by atoms with Crippen molar-refractivity contribution in [2.45, 2.75) is 117 Å². The van der Waals surface area contributed by atoms with Crippen LogP contribution >= 0.6 is 0 Å². The average Bonchev–Trinajstić information content (AvgIpc) is 2.46. The van der Waals surface area contributed by atoms with Crippen molar-refractivity contribution in [2.75, 3.05) is 0 Å². The van der Waals surface area contributed by atoms with E-state index < -0.39 is 5.97 Å². The van der Waals surface area contributed by atoms with E-state index in [-0.39, 0.29) is 0 Å². The monoisotopic (exact) mass is 315 g/mol. The molecule has 0 saturated carbocycles. The van der Waals surface area contributed by atoms with Gasteiger partial charge in [0, 0.05) is 18.5 Å². The summed E-state index contributed by atoms with van der Waals surface area (Å²) in [6, 6.07) is 1.40. The normalized spacial score (nSPS) is 13.1. The summed E-state index contributed by atoms with van der Waals surface area (Å²) in [7, 11) is 0. The highest BCUT2D eigenvalue weighted by Crippen LogP contribution is 2.07. The lowest BCUT2D eigenvalue weighted by molar-refractivity contribution is -0.137. The SMILES string of the molecule is CCCCC(=O)O.CCCCCC(C)NC(C)CCCCC. The van der Waals surface area contributed by atoms with E-state index in [4.69, 9.17) is 5.11 Å². The summed E-state index contributed by atoms with van der Waals surface area (Å²) in [6.45, 7) is 11.2. The van der Waals surface area contributed by atoms with Gasteiger partial charge in [-0.2, -0.15) is 0 Å². The van der Waals surface area contributed by atoms with Crippen LogP contribution in [0.1, 0.15) is 105 Å². The van der Waals surface area contributed by atoms with Gasteiger partial charge in [0.1, 0.15) is 0 Å². The molecule has 0 amide bonds. The lowest BCUT2D eigenvalue weighted by Crippen LogP contribution is -2.34. The molecule has 0 aliphatic heterocycles. The summed E-state index contributed by atoms with van der Waals surface area (Å²) >= 11 is 0. The molecule has 0 bridgehead atoms. The number of nitrogens with one attached hydrogen (secondary N) is 1. The van der Waals surface area contributed by atoms with E-state index in [1.54, 1.807) is 0 Å². The largest absolute Gasteiger partial charge is 0.481 e. The van der Waals surface area contributed by atoms with Crippen LogP contribution in [0.4, 0.5) is 0 Å². The fourth-order valence-electron chi connectivity index (χ4n) is 2.38. The molecule has 134 valence electrons. The van der Waals surface area contributed by atoms with Gasteiger partial charge in [0.2, 0.25) is 0 Å². The number of aliphatic carboxylic acids is 1. The van der Waals surface area contributed by atoms with Crippen LogP contribution in [0.25, 0.3) is 0 Å². The van der Waals surface area contributed by atoms with Crippen molar-refractivity contribution in [3.05, 3.63) is 0 Å². The summed E-state index contributed by atoms with van der Waals surface area (Å²) < 4.78 is 0. The zero-order valence-corrected chi connectivity index (χ0v) is 15.8. The van der Waals surface area contributed by atoms with E-state index in [1.165, 1.54) is 51.4 Å². The predicted molar refractivity (Wildman–Crippen MR) is 97.5 cm³/mol. The van der Waals surface area contributed by atoms with Crippen LogP contribution in [0.2, 0.25) is 0 Å². The molecule has 0 spiro atoms. The lowest BCUT2D eigenvalue weighted by atomic mass is 10.1. The zero-order chi connectivity index (χ0) is 17.2. The Balaban J connectivity index is 0. The molecule has 0 aliphatic rings. The third-order valence-electron chi connectivity index (χ3n) is 3.79. The Morgan fingerprint density at radius 3 is 1.50 bits per heavy atom. The minimum absolute atomic E-state index is 0.316. The van der Waals surface area contributed by atoms with E-state index in [1.807, 2.05) is 6.92 Å². The second kappa shape index (κ2) is 18.5. The fourth-order valence-corrected chi connectivity index (χ4v) is 2.38. The Labute approximate surface area is 139 Å². The van der Waals surface area contributed by atoms with Crippen LogP contribution in [-0.2, 0) is 4.79 Å². The average molecular weight is 316 g/mol. The van der Waals surface area contributed by atoms with Crippen LogP contribution in [0, 0.1) is 0 Å². The van der Waals surface area contributed by atoms with Crippen molar-refractivity contribution >= 4 is 5.97 Å². The van der Waals surface area contributed by atoms with Gasteiger partial charge < -0.3 is 10.4 Å². The van der Waals surface area contributed by atoms with Crippen LogP contribution < -0.4 is 5.32 Å². The van der Waals surface area contributed by atoms with Crippen LogP contribution in [0.5, 0.6) is 0 Å². The molecule has 0 aromatic heterocycles. The Hall–Kier alpha value is -0.570. The number of carboxylic acids is 1. The highest BCUT2D eigenvalue weighted by atomic mass is 16.4. The summed E-state index contributed by atoms with van der Waals surface area (Å²) in [5.41, 5.74) is 0. The molecule has 0 saturated heterocycles. The molecule has 0 aromatic carbocycles. The first-order valence-corrected chi connectivity index (χ1v) is 9.45. The smallest absolute Gasteiger partial charge is 0.303 e. The maximum atomic E-state index is 9.76.